The largest absolute Gasteiger partial charge is 0.495 e. The van der Waals surface area contributed by atoms with E-state index in [4.69, 9.17) is 9.94 Å². The average Bonchev–Trinajstić information content (AvgIpc) is 2.67. The van der Waals surface area contributed by atoms with Gasteiger partial charge in [0, 0.05) is 19.5 Å². The number of anilines is 1. The van der Waals surface area contributed by atoms with Crippen LogP contribution in [0.5, 0.6) is 5.75 Å². The summed E-state index contributed by atoms with van der Waals surface area (Å²) in [6, 6.07) is 5.10. The van der Waals surface area contributed by atoms with Crippen LogP contribution in [-0.2, 0) is 9.59 Å². The predicted octanol–water partition coefficient (Wildman–Crippen LogP) is 2.68. The van der Waals surface area contributed by atoms with Crippen molar-refractivity contribution in [1.82, 2.24) is 15.7 Å². The van der Waals surface area contributed by atoms with Crippen LogP contribution in [0.15, 0.2) is 18.2 Å². The Labute approximate surface area is 183 Å². The Kier molecular flexibility index (Phi) is 8.67. The number of benzene rings is 1. The van der Waals surface area contributed by atoms with Gasteiger partial charge in [0.2, 0.25) is 5.91 Å². The van der Waals surface area contributed by atoms with Crippen LogP contribution in [-0.4, -0.2) is 54.7 Å². The van der Waals surface area contributed by atoms with Gasteiger partial charge in [-0.05, 0) is 48.8 Å². The number of hydroxylamine groups is 1. The summed E-state index contributed by atoms with van der Waals surface area (Å²) in [6.07, 6.45) is 3.37. The Balaban J connectivity index is 1.91. The van der Waals surface area contributed by atoms with Crippen molar-refractivity contribution in [3.05, 3.63) is 23.8 Å². The van der Waals surface area contributed by atoms with Gasteiger partial charge in [-0.15, -0.1) is 0 Å². The summed E-state index contributed by atoms with van der Waals surface area (Å²) in [7, 11) is 1.54. The number of hydrogen-bond donors (Lipinski definition) is 4. The molecule has 1 saturated carbocycles. The first kappa shape index (κ1) is 24.5. The first-order valence-corrected chi connectivity index (χ1v) is 10.5. The van der Waals surface area contributed by atoms with Crippen LogP contribution in [0, 0.1) is 18.3 Å². The summed E-state index contributed by atoms with van der Waals surface area (Å²) in [5, 5.41) is 14.4. The predicted molar refractivity (Wildman–Crippen MR) is 117 cm³/mol. The molecule has 0 bridgehead atoms. The molecule has 4 N–H and O–H groups in total. The Bertz CT molecular complexity index is 792. The molecule has 2 rings (SSSR count). The van der Waals surface area contributed by atoms with E-state index < -0.39 is 17.4 Å². The molecule has 0 aromatic heterocycles. The molecule has 0 heterocycles. The lowest BCUT2D eigenvalue weighted by molar-refractivity contribution is -0.141. The van der Waals surface area contributed by atoms with Crippen LogP contribution in [0.3, 0.4) is 0 Å². The molecule has 4 amide bonds. The van der Waals surface area contributed by atoms with Gasteiger partial charge in [0.05, 0.1) is 12.8 Å². The molecule has 1 aromatic carbocycles. The second kappa shape index (κ2) is 11.0. The molecule has 0 atom stereocenters. The molecule has 0 spiro atoms. The summed E-state index contributed by atoms with van der Waals surface area (Å²) in [4.78, 5) is 38.4. The quantitative estimate of drug-likeness (QED) is 0.333. The fourth-order valence-electron chi connectivity index (χ4n) is 3.44. The number of nitrogens with one attached hydrogen (secondary N) is 3. The number of nitrogens with zero attached hydrogens (tertiary/aromatic N) is 1. The highest BCUT2D eigenvalue weighted by atomic mass is 16.5. The summed E-state index contributed by atoms with van der Waals surface area (Å²) in [6.45, 7) is 6.27. The second-order valence-corrected chi connectivity index (χ2v) is 8.96. The summed E-state index contributed by atoms with van der Waals surface area (Å²) in [5.74, 6) is 0.161. The van der Waals surface area contributed by atoms with Crippen molar-refractivity contribution in [3.8, 4) is 5.75 Å². The molecule has 1 fully saturated rings. The molecule has 0 aliphatic heterocycles. The highest BCUT2D eigenvalue weighted by molar-refractivity contribution is 5.91. The van der Waals surface area contributed by atoms with Gasteiger partial charge >= 0.3 is 6.03 Å². The topological polar surface area (TPSA) is 120 Å². The lowest BCUT2D eigenvalue weighted by Gasteiger charge is -2.34. The fourth-order valence-corrected chi connectivity index (χ4v) is 3.44. The number of hydrogen-bond acceptors (Lipinski definition) is 5. The van der Waals surface area contributed by atoms with Crippen LogP contribution in [0.2, 0.25) is 0 Å². The lowest BCUT2D eigenvalue weighted by atomic mass is 9.84. The molecule has 1 aromatic rings. The maximum absolute atomic E-state index is 12.9. The van der Waals surface area contributed by atoms with Crippen LogP contribution in [0.1, 0.15) is 45.1 Å². The number of aryl methyl sites for hydroxylation is 1. The molecule has 0 unspecified atom stereocenters. The Morgan fingerprint density at radius 2 is 1.97 bits per heavy atom. The molecule has 0 radical (unpaired) electrons. The molecule has 1 aliphatic rings. The van der Waals surface area contributed by atoms with Crippen LogP contribution in [0.4, 0.5) is 10.5 Å². The van der Waals surface area contributed by atoms with Crippen molar-refractivity contribution >= 4 is 23.5 Å². The highest BCUT2D eigenvalue weighted by Gasteiger charge is 2.30. The van der Waals surface area contributed by atoms with Gasteiger partial charge < -0.3 is 20.3 Å². The minimum absolute atomic E-state index is 0.159. The molecular weight excluding hydrogens is 400 g/mol. The number of carbonyl (C=O) groups excluding carboxylic acids is 3. The fraction of sp³-hybridized carbons (Fsp3) is 0.591. The van der Waals surface area contributed by atoms with E-state index in [2.05, 4.69) is 10.6 Å². The Morgan fingerprint density at radius 3 is 2.55 bits per heavy atom. The van der Waals surface area contributed by atoms with E-state index in [1.165, 1.54) is 12.0 Å². The van der Waals surface area contributed by atoms with Crippen molar-refractivity contribution in [2.24, 2.45) is 11.3 Å². The van der Waals surface area contributed by atoms with E-state index in [1.54, 1.807) is 11.5 Å². The average molecular weight is 435 g/mol. The number of ether oxygens (including phenoxy) is 1. The summed E-state index contributed by atoms with van der Waals surface area (Å²) >= 11 is 0. The number of amides is 4. The number of rotatable bonds is 10. The SMILES string of the molecule is COc1ccc(C)cc1NC(=O)NCC(C)(C)CC(=O)N(CC(=O)NO)CC1CCC1. The van der Waals surface area contributed by atoms with Crippen molar-refractivity contribution in [2.75, 3.05) is 32.1 Å². The van der Waals surface area contributed by atoms with Crippen molar-refractivity contribution < 1.29 is 24.3 Å². The maximum Gasteiger partial charge on any atom is 0.319 e. The van der Waals surface area contributed by atoms with E-state index in [9.17, 15) is 14.4 Å². The molecule has 31 heavy (non-hydrogen) atoms. The van der Waals surface area contributed by atoms with Gasteiger partial charge in [0.1, 0.15) is 12.3 Å². The molecule has 9 heteroatoms. The van der Waals surface area contributed by atoms with Crippen molar-refractivity contribution in [2.45, 2.75) is 46.5 Å². The first-order valence-electron chi connectivity index (χ1n) is 10.5. The van der Waals surface area contributed by atoms with Crippen LogP contribution < -0.4 is 20.9 Å². The molecule has 9 nitrogen and oxygen atoms in total. The minimum atomic E-state index is -0.616. The standard InChI is InChI=1S/C22H34N4O5/c1-15-8-9-18(31-4)17(10-15)24-21(29)23-14-22(2,3)11-20(28)26(13-19(27)25-30)12-16-6-5-7-16/h8-10,16,30H,5-7,11-14H2,1-4H3,(H,25,27)(H2,23,24,29). The van der Waals surface area contributed by atoms with E-state index in [1.807, 2.05) is 32.9 Å². The van der Waals surface area contributed by atoms with Gasteiger partial charge in [-0.3, -0.25) is 14.8 Å². The maximum atomic E-state index is 12.9. The lowest BCUT2D eigenvalue weighted by Crippen LogP contribution is -2.46. The van der Waals surface area contributed by atoms with Gasteiger partial charge in [-0.1, -0.05) is 26.3 Å². The third-order valence-corrected chi connectivity index (χ3v) is 5.48. The molecule has 0 saturated heterocycles. The monoisotopic (exact) mass is 434 g/mol. The summed E-state index contributed by atoms with van der Waals surface area (Å²) in [5.41, 5.74) is 2.61. The number of urea groups is 1. The van der Waals surface area contributed by atoms with E-state index in [-0.39, 0.29) is 25.4 Å². The van der Waals surface area contributed by atoms with E-state index >= 15 is 0 Å². The zero-order valence-electron chi connectivity index (χ0n) is 18.8. The zero-order valence-corrected chi connectivity index (χ0v) is 18.8. The Morgan fingerprint density at radius 1 is 1.26 bits per heavy atom. The number of carbonyl (C=O) groups is 3. The van der Waals surface area contributed by atoms with Gasteiger partial charge in [0.25, 0.3) is 5.91 Å². The van der Waals surface area contributed by atoms with E-state index in [0.29, 0.717) is 23.9 Å². The van der Waals surface area contributed by atoms with Crippen LogP contribution >= 0.6 is 0 Å². The zero-order chi connectivity index (χ0) is 23.0. The van der Waals surface area contributed by atoms with E-state index in [0.717, 1.165) is 24.8 Å². The van der Waals surface area contributed by atoms with Crippen LogP contribution in [0.25, 0.3) is 0 Å². The minimum Gasteiger partial charge on any atom is -0.495 e. The Hall–Kier alpha value is -2.81. The molecule has 172 valence electrons. The number of methoxy groups -OCH3 is 1. The normalized spacial score (nSPS) is 13.7. The van der Waals surface area contributed by atoms with Crippen molar-refractivity contribution in [3.63, 3.8) is 0 Å². The first-order chi connectivity index (χ1) is 14.6. The summed E-state index contributed by atoms with van der Waals surface area (Å²) < 4.78 is 5.27. The third-order valence-electron chi connectivity index (χ3n) is 5.48. The van der Waals surface area contributed by atoms with Gasteiger partial charge in [-0.2, -0.15) is 0 Å². The van der Waals surface area contributed by atoms with Crippen molar-refractivity contribution in [1.29, 1.82) is 0 Å². The molecular formula is C22H34N4O5. The second-order valence-electron chi connectivity index (χ2n) is 8.96. The van der Waals surface area contributed by atoms with Gasteiger partial charge in [-0.25, -0.2) is 10.3 Å². The smallest absolute Gasteiger partial charge is 0.319 e. The third kappa shape index (κ3) is 7.75. The highest BCUT2D eigenvalue weighted by Crippen LogP contribution is 2.29. The van der Waals surface area contributed by atoms with Gasteiger partial charge in [0.15, 0.2) is 0 Å². The molecule has 1 aliphatic carbocycles.